The SMILES string of the molecule is CCCC[C@@H]1CC[C@@H](CC(=O)c2ccccc2)O1. The molecule has 1 aromatic carbocycles. The predicted octanol–water partition coefficient (Wildman–Crippen LogP) is 4.00. The Hall–Kier alpha value is -1.15. The van der Waals surface area contributed by atoms with Crippen LogP contribution in [0.3, 0.4) is 0 Å². The van der Waals surface area contributed by atoms with Crippen molar-refractivity contribution in [1.82, 2.24) is 0 Å². The van der Waals surface area contributed by atoms with Crippen molar-refractivity contribution in [3.63, 3.8) is 0 Å². The molecule has 18 heavy (non-hydrogen) atoms. The predicted molar refractivity (Wildman–Crippen MR) is 72.8 cm³/mol. The molecule has 0 saturated carbocycles. The van der Waals surface area contributed by atoms with Gasteiger partial charge in [0.1, 0.15) is 0 Å². The average molecular weight is 246 g/mol. The van der Waals surface area contributed by atoms with Crippen LogP contribution in [0.5, 0.6) is 0 Å². The van der Waals surface area contributed by atoms with Crippen LogP contribution in [0.4, 0.5) is 0 Å². The first kappa shape index (κ1) is 13.3. The van der Waals surface area contributed by atoms with Crippen molar-refractivity contribution in [2.75, 3.05) is 0 Å². The third-order valence-corrected chi connectivity index (χ3v) is 3.58. The van der Waals surface area contributed by atoms with E-state index in [1.807, 2.05) is 30.3 Å². The second-order valence-corrected chi connectivity index (χ2v) is 5.09. The highest BCUT2D eigenvalue weighted by Crippen LogP contribution is 2.26. The fourth-order valence-corrected chi connectivity index (χ4v) is 2.52. The maximum atomic E-state index is 12.0. The van der Waals surface area contributed by atoms with Crippen molar-refractivity contribution >= 4 is 5.78 Å². The van der Waals surface area contributed by atoms with Gasteiger partial charge in [-0.3, -0.25) is 4.79 Å². The van der Waals surface area contributed by atoms with Crippen LogP contribution in [0.15, 0.2) is 30.3 Å². The molecule has 0 aromatic heterocycles. The van der Waals surface area contributed by atoms with Crippen LogP contribution >= 0.6 is 0 Å². The molecule has 0 radical (unpaired) electrons. The number of Topliss-reactive ketones (excluding diaryl/α,β-unsaturated/α-hetero) is 1. The van der Waals surface area contributed by atoms with Crippen LogP contribution in [0, 0.1) is 0 Å². The Morgan fingerprint density at radius 2 is 1.94 bits per heavy atom. The van der Waals surface area contributed by atoms with Gasteiger partial charge in [0.2, 0.25) is 0 Å². The molecule has 1 aromatic rings. The van der Waals surface area contributed by atoms with Gasteiger partial charge in [-0.15, -0.1) is 0 Å². The van der Waals surface area contributed by atoms with E-state index in [-0.39, 0.29) is 11.9 Å². The Balaban J connectivity index is 1.79. The molecule has 1 aliphatic heterocycles. The second kappa shape index (κ2) is 6.69. The number of carbonyl (C=O) groups excluding carboxylic acids is 1. The molecule has 0 aliphatic carbocycles. The summed E-state index contributed by atoms with van der Waals surface area (Å²) in [5.41, 5.74) is 0.804. The van der Waals surface area contributed by atoms with E-state index in [4.69, 9.17) is 4.74 Å². The van der Waals surface area contributed by atoms with Gasteiger partial charge in [0.05, 0.1) is 12.2 Å². The lowest BCUT2D eigenvalue weighted by molar-refractivity contribution is 0.0343. The summed E-state index contributed by atoms with van der Waals surface area (Å²) in [6.45, 7) is 2.20. The minimum absolute atomic E-state index is 0.138. The summed E-state index contributed by atoms with van der Waals surface area (Å²) < 4.78 is 5.93. The molecular formula is C16H22O2. The smallest absolute Gasteiger partial charge is 0.165 e. The summed E-state index contributed by atoms with van der Waals surface area (Å²) in [6, 6.07) is 9.51. The monoisotopic (exact) mass is 246 g/mol. The molecule has 1 fully saturated rings. The van der Waals surface area contributed by atoms with Gasteiger partial charge >= 0.3 is 0 Å². The Labute approximate surface area is 109 Å². The third-order valence-electron chi connectivity index (χ3n) is 3.58. The molecule has 98 valence electrons. The lowest BCUT2D eigenvalue weighted by atomic mass is 10.0. The maximum absolute atomic E-state index is 12.0. The Morgan fingerprint density at radius 3 is 2.67 bits per heavy atom. The first-order chi connectivity index (χ1) is 8.79. The lowest BCUT2D eigenvalue weighted by Crippen LogP contribution is -2.15. The number of benzene rings is 1. The molecular weight excluding hydrogens is 224 g/mol. The first-order valence-corrected chi connectivity index (χ1v) is 7.03. The van der Waals surface area contributed by atoms with E-state index >= 15 is 0 Å². The molecule has 1 aliphatic rings. The van der Waals surface area contributed by atoms with E-state index in [0.717, 1.165) is 24.8 Å². The summed E-state index contributed by atoms with van der Waals surface area (Å²) in [5.74, 6) is 0.205. The summed E-state index contributed by atoms with van der Waals surface area (Å²) >= 11 is 0. The van der Waals surface area contributed by atoms with Gasteiger partial charge < -0.3 is 4.74 Å². The molecule has 2 atom stereocenters. The highest BCUT2D eigenvalue weighted by Gasteiger charge is 2.26. The van der Waals surface area contributed by atoms with E-state index < -0.39 is 0 Å². The number of rotatable bonds is 6. The Bertz CT molecular complexity index is 372. The fourth-order valence-electron chi connectivity index (χ4n) is 2.52. The van der Waals surface area contributed by atoms with E-state index in [1.165, 1.54) is 12.8 Å². The van der Waals surface area contributed by atoms with Crippen LogP contribution < -0.4 is 0 Å². The van der Waals surface area contributed by atoms with E-state index in [2.05, 4.69) is 6.92 Å². The third kappa shape index (κ3) is 3.67. The molecule has 0 spiro atoms. The zero-order valence-electron chi connectivity index (χ0n) is 11.1. The van der Waals surface area contributed by atoms with Gasteiger partial charge in [0.15, 0.2) is 5.78 Å². The number of unbranched alkanes of at least 4 members (excludes halogenated alkanes) is 1. The van der Waals surface area contributed by atoms with Gasteiger partial charge in [-0.1, -0.05) is 50.1 Å². The number of hydrogen-bond donors (Lipinski definition) is 0. The van der Waals surface area contributed by atoms with E-state index in [0.29, 0.717) is 12.5 Å². The summed E-state index contributed by atoms with van der Waals surface area (Å²) in [7, 11) is 0. The van der Waals surface area contributed by atoms with Crippen molar-refractivity contribution in [2.24, 2.45) is 0 Å². The van der Waals surface area contributed by atoms with Crippen LogP contribution in [0.2, 0.25) is 0 Å². The van der Waals surface area contributed by atoms with E-state index in [9.17, 15) is 4.79 Å². The average Bonchev–Trinajstić information content (AvgIpc) is 2.85. The van der Waals surface area contributed by atoms with Gasteiger partial charge in [-0.05, 0) is 19.3 Å². The van der Waals surface area contributed by atoms with Crippen LogP contribution in [0.25, 0.3) is 0 Å². The fraction of sp³-hybridized carbons (Fsp3) is 0.562. The van der Waals surface area contributed by atoms with E-state index in [1.54, 1.807) is 0 Å². The van der Waals surface area contributed by atoms with Crippen molar-refractivity contribution in [2.45, 2.75) is 57.7 Å². The zero-order chi connectivity index (χ0) is 12.8. The quantitative estimate of drug-likeness (QED) is 0.709. The number of ketones is 1. The first-order valence-electron chi connectivity index (χ1n) is 7.03. The van der Waals surface area contributed by atoms with Gasteiger partial charge in [-0.2, -0.15) is 0 Å². The summed E-state index contributed by atoms with van der Waals surface area (Å²) in [6.07, 6.45) is 6.80. The van der Waals surface area contributed by atoms with Gasteiger partial charge in [0.25, 0.3) is 0 Å². The highest BCUT2D eigenvalue weighted by molar-refractivity contribution is 5.96. The standard InChI is InChI=1S/C16H22O2/c1-2-3-9-14-10-11-15(18-14)12-16(17)13-7-5-4-6-8-13/h4-8,14-15H,2-3,9-12H2,1H3/t14-,15+/m1/s1. The molecule has 0 unspecified atom stereocenters. The summed E-state index contributed by atoms with van der Waals surface area (Å²) in [4.78, 5) is 12.0. The molecule has 1 heterocycles. The lowest BCUT2D eigenvalue weighted by Gasteiger charge is -2.12. The summed E-state index contributed by atoms with van der Waals surface area (Å²) in [5, 5.41) is 0. The van der Waals surface area contributed by atoms with Crippen molar-refractivity contribution < 1.29 is 9.53 Å². The molecule has 0 bridgehead atoms. The molecule has 0 amide bonds. The highest BCUT2D eigenvalue weighted by atomic mass is 16.5. The van der Waals surface area contributed by atoms with Gasteiger partial charge in [-0.25, -0.2) is 0 Å². The normalized spacial score (nSPS) is 23.2. The van der Waals surface area contributed by atoms with Gasteiger partial charge in [0, 0.05) is 12.0 Å². The Kier molecular flexibility index (Phi) is 4.94. The molecule has 0 N–H and O–H groups in total. The van der Waals surface area contributed by atoms with Crippen molar-refractivity contribution in [3.05, 3.63) is 35.9 Å². The molecule has 2 rings (SSSR count). The van der Waals surface area contributed by atoms with Crippen molar-refractivity contribution in [3.8, 4) is 0 Å². The molecule has 2 heteroatoms. The number of carbonyl (C=O) groups is 1. The second-order valence-electron chi connectivity index (χ2n) is 5.09. The zero-order valence-corrected chi connectivity index (χ0v) is 11.1. The molecule has 1 saturated heterocycles. The Morgan fingerprint density at radius 1 is 1.22 bits per heavy atom. The number of hydrogen-bond acceptors (Lipinski definition) is 2. The molecule has 2 nitrogen and oxygen atoms in total. The maximum Gasteiger partial charge on any atom is 0.165 e. The van der Waals surface area contributed by atoms with Crippen LogP contribution in [-0.2, 0) is 4.74 Å². The van der Waals surface area contributed by atoms with Crippen LogP contribution in [0.1, 0.15) is 55.8 Å². The largest absolute Gasteiger partial charge is 0.375 e. The minimum atomic E-state index is 0.138. The topological polar surface area (TPSA) is 26.3 Å². The van der Waals surface area contributed by atoms with Crippen molar-refractivity contribution in [1.29, 1.82) is 0 Å². The minimum Gasteiger partial charge on any atom is -0.375 e. The number of ether oxygens (including phenoxy) is 1. The van der Waals surface area contributed by atoms with Crippen LogP contribution in [-0.4, -0.2) is 18.0 Å².